The average Bonchev–Trinajstić information content (AvgIpc) is 3.25. The van der Waals surface area contributed by atoms with Crippen molar-refractivity contribution in [2.45, 2.75) is 71.4 Å². The molecule has 7 nitrogen and oxygen atoms in total. The second-order valence-corrected chi connectivity index (χ2v) is 9.87. The molecule has 0 spiro atoms. The Labute approximate surface area is 202 Å². The van der Waals surface area contributed by atoms with Crippen LogP contribution in [0.1, 0.15) is 64.3 Å². The van der Waals surface area contributed by atoms with Crippen LogP contribution in [0, 0.1) is 0 Å². The zero-order valence-corrected chi connectivity index (χ0v) is 21.4. The van der Waals surface area contributed by atoms with Gasteiger partial charge in [-0.2, -0.15) is 4.37 Å². The van der Waals surface area contributed by atoms with Crippen molar-refractivity contribution < 1.29 is 9.53 Å². The number of carbonyl (C=O) groups is 1. The Hall–Kier alpha value is -2.19. The van der Waals surface area contributed by atoms with Crippen LogP contribution in [0.5, 0.6) is 5.75 Å². The maximum Gasteiger partial charge on any atom is 0.221 e. The minimum Gasteiger partial charge on any atom is -0.497 e. The van der Waals surface area contributed by atoms with E-state index in [2.05, 4.69) is 46.3 Å². The molecule has 0 saturated carbocycles. The van der Waals surface area contributed by atoms with E-state index < -0.39 is 0 Å². The molecule has 182 valence electrons. The van der Waals surface area contributed by atoms with E-state index in [0.29, 0.717) is 25.4 Å². The van der Waals surface area contributed by atoms with Crippen LogP contribution >= 0.6 is 11.5 Å². The van der Waals surface area contributed by atoms with Crippen LogP contribution in [-0.2, 0) is 11.2 Å². The minimum absolute atomic E-state index is 0.105. The first-order valence-corrected chi connectivity index (χ1v) is 13.0. The molecule has 1 saturated heterocycles. The number of carbonyl (C=O) groups excluding carboxylic acids is 1. The Balaban J connectivity index is 1.44. The van der Waals surface area contributed by atoms with Crippen molar-refractivity contribution in [1.82, 2.24) is 19.6 Å². The van der Waals surface area contributed by atoms with Crippen molar-refractivity contribution in [3.63, 3.8) is 0 Å². The molecule has 1 atom stereocenters. The van der Waals surface area contributed by atoms with Gasteiger partial charge in [-0.05, 0) is 64.3 Å². The number of aromatic nitrogens is 2. The van der Waals surface area contributed by atoms with E-state index in [-0.39, 0.29) is 11.9 Å². The normalized spacial score (nSPS) is 16.7. The minimum atomic E-state index is 0.105. The maximum atomic E-state index is 12.4. The molecule has 1 fully saturated rings. The Bertz CT molecular complexity index is 872. The van der Waals surface area contributed by atoms with Crippen LogP contribution in [0.25, 0.3) is 0 Å². The molecule has 8 heteroatoms. The lowest BCUT2D eigenvalue weighted by Gasteiger charge is -2.33. The number of piperidine rings is 1. The highest BCUT2D eigenvalue weighted by atomic mass is 32.1. The zero-order valence-electron chi connectivity index (χ0n) is 20.5. The van der Waals surface area contributed by atoms with E-state index in [0.717, 1.165) is 41.8 Å². The summed E-state index contributed by atoms with van der Waals surface area (Å²) in [6.07, 6.45) is 6.07. The molecule has 1 aliphatic heterocycles. The summed E-state index contributed by atoms with van der Waals surface area (Å²) in [6.45, 7) is 10.2. The van der Waals surface area contributed by atoms with Gasteiger partial charge in [0.1, 0.15) is 11.6 Å². The SMILES string of the molecule is COc1cccc(Cc2nsc(N(CCC(=O)NCCCN3CCCCC3C)C(C)C)n2)c1. The standard InChI is InChI=1S/C25H39N5O2S/c1-19(2)30(16-12-24(31)26-13-8-15-29-14-6-5-9-20(29)3)25-27-23(28-33-25)18-21-10-7-11-22(17-21)32-4/h7,10-11,17,19-20H,5-6,8-9,12-16,18H2,1-4H3,(H,26,31). The van der Waals surface area contributed by atoms with E-state index in [1.165, 1.54) is 37.3 Å². The van der Waals surface area contributed by atoms with Crippen molar-refractivity contribution >= 4 is 22.6 Å². The van der Waals surface area contributed by atoms with Gasteiger partial charge in [-0.1, -0.05) is 18.6 Å². The number of nitrogens with one attached hydrogen (secondary N) is 1. The van der Waals surface area contributed by atoms with Crippen molar-refractivity contribution in [1.29, 1.82) is 0 Å². The van der Waals surface area contributed by atoms with E-state index in [9.17, 15) is 4.79 Å². The maximum absolute atomic E-state index is 12.4. The van der Waals surface area contributed by atoms with Gasteiger partial charge in [-0.25, -0.2) is 4.98 Å². The van der Waals surface area contributed by atoms with Crippen LogP contribution in [-0.4, -0.2) is 65.5 Å². The van der Waals surface area contributed by atoms with Gasteiger partial charge < -0.3 is 19.9 Å². The lowest BCUT2D eigenvalue weighted by molar-refractivity contribution is -0.120. The van der Waals surface area contributed by atoms with Gasteiger partial charge in [0.2, 0.25) is 11.0 Å². The molecular weight excluding hydrogens is 434 g/mol. The number of likely N-dealkylation sites (tertiary alicyclic amines) is 1. The summed E-state index contributed by atoms with van der Waals surface area (Å²) in [5, 5.41) is 3.96. The predicted octanol–water partition coefficient (Wildman–Crippen LogP) is 4.12. The van der Waals surface area contributed by atoms with E-state index in [1.54, 1.807) is 7.11 Å². The fraction of sp³-hybridized carbons (Fsp3) is 0.640. The van der Waals surface area contributed by atoms with Gasteiger partial charge in [0.15, 0.2) is 0 Å². The van der Waals surface area contributed by atoms with Crippen molar-refractivity contribution in [2.24, 2.45) is 0 Å². The number of rotatable bonds is 12. The lowest BCUT2D eigenvalue weighted by atomic mass is 10.0. The number of nitrogens with zero attached hydrogens (tertiary/aromatic N) is 4. The fourth-order valence-electron chi connectivity index (χ4n) is 4.28. The second-order valence-electron chi connectivity index (χ2n) is 9.14. The van der Waals surface area contributed by atoms with Gasteiger partial charge in [-0.15, -0.1) is 0 Å². The van der Waals surface area contributed by atoms with Crippen LogP contribution in [0.4, 0.5) is 5.13 Å². The molecule has 1 aromatic heterocycles. The third kappa shape index (κ3) is 7.96. The quantitative estimate of drug-likeness (QED) is 0.468. The highest BCUT2D eigenvalue weighted by Crippen LogP contribution is 2.22. The molecule has 0 aliphatic carbocycles. The highest BCUT2D eigenvalue weighted by molar-refractivity contribution is 7.09. The van der Waals surface area contributed by atoms with E-state index >= 15 is 0 Å². The average molecular weight is 474 g/mol. The van der Waals surface area contributed by atoms with Crippen LogP contribution in [0.3, 0.4) is 0 Å². The summed E-state index contributed by atoms with van der Waals surface area (Å²) in [6, 6.07) is 8.90. The van der Waals surface area contributed by atoms with Crippen molar-refractivity contribution in [3.8, 4) is 5.75 Å². The first-order chi connectivity index (χ1) is 16.0. The lowest BCUT2D eigenvalue weighted by Crippen LogP contribution is -2.39. The molecular formula is C25H39N5O2S. The molecule has 1 N–H and O–H groups in total. The molecule has 33 heavy (non-hydrogen) atoms. The molecule has 0 radical (unpaired) electrons. The first kappa shape index (κ1) is 25.4. The van der Waals surface area contributed by atoms with E-state index in [4.69, 9.17) is 9.72 Å². The Morgan fingerprint density at radius 1 is 1.36 bits per heavy atom. The summed E-state index contributed by atoms with van der Waals surface area (Å²) in [5.74, 6) is 1.74. The highest BCUT2D eigenvalue weighted by Gasteiger charge is 2.19. The molecule has 1 unspecified atom stereocenters. The molecule has 1 aliphatic rings. The Morgan fingerprint density at radius 2 is 2.21 bits per heavy atom. The topological polar surface area (TPSA) is 70.6 Å². The van der Waals surface area contributed by atoms with Gasteiger partial charge in [0.25, 0.3) is 0 Å². The third-order valence-corrected chi connectivity index (χ3v) is 7.08. The van der Waals surface area contributed by atoms with Gasteiger partial charge in [-0.3, -0.25) is 4.79 Å². The monoisotopic (exact) mass is 473 g/mol. The summed E-state index contributed by atoms with van der Waals surface area (Å²) in [4.78, 5) is 21.9. The number of methoxy groups -OCH3 is 1. The molecule has 2 aromatic rings. The third-order valence-electron chi connectivity index (χ3n) is 6.29. The zero-order chi connectivity index (χ0) is 23.6. The molecule has 3 rings (SSSR count). The smallest absolute Gasteiger partial charge is 0.221 e. The summed E-state index contributed by atoms with van der Waals surface area (Å²) >= 11 is 1.40. The molecule has 1 aromatic carbocycles. The van der Waals surface area contributed by atoms with Crippen LogP contribution < -0.4 is 15.0 Å². The number of ether oxygens (including phenoxy) is 1. The predicted molar refractivity (Wildman–Crippen MR) is 135 cm³/mol. The number of hydrogen-bond acceptors (Lipinski definition) is 7. The molecule has 2 heterocycles. The fourth-order valence-corrected chi connectivity index (χ4v) is 5.13. The number of anilines is 1. The van der Waals surface area contributed by atoms with Gasteiger partial charge in [0, 0.05) is 56.1 Å². The van der Waals surface area contributed by atoms with Crippen LogP contribution in [0.15, 0.2) is 24.3 Å². The molecule has 0 bridgehead atoms. The van der Waals surface area contributed by atoms with Crippen molar-refractivity contribution in [3.05, 3.63) is 35.7 Å². The largest absolute Gasteiger partial charge is 0.497 e. The second kappa shape index (κ2) is 12.9. The number of amides is 1. The first-order valence-electron chi connectivity index (χ1n) is 12.2. The van der Waals surface area contributed by atoms with Crippen molar-refractivity contribution in [2.75, 3.05) is 38.2 Å². The summed E-state index contributed by atoms with van der Waals surface area (Å²) in [7, 11) is 1.67. The number of benzene rings is 1. The van der Waals surface area contributed by atoms with Crippen LogP contribution in [0.2, 0.25) is 0 Å². The summed E-state index contributed by atoms with van der Waals surface area (Å²) in [5.41, 5.74) is 1.12. The Kier molecular flexibility index (Phi) is 9.94. The molecule has 1 amide bonds. The Morgan fingerprint density at radius 3 is 2.97 bits per heavy atom. The van der Waals surface area contributed by atoms with Gasteiger partial charge >= 0.3 is 0 Å². The number of hydrogen-bond donors (Lipinski definition) is 1. The van der Waals surface area contributed by atoms with Gasteiger partial charge in [0.05, 0.1) is 7.11 Å². The van der Waals surface area contributed by atoms with E-state index in [1.807, 2.05) is 18.2 Å². The summed E-state index contributed by atoms with van der Waals surface area (Å²) < 4.78 is 9.86.